The second kappa shape index (κ2) is 8.90. The standard InChI is InChI=1S/C19H23NO2/c1-3-13-22-18-10-9-17(14-19(18)21-2)15-20-12-11-16-7-5-4-6-8-16/h3-10,14,20H,1,11-13,15H2,2H3. The molecule has 0 aliphatic carbocycles. The Morgan fingerprint density at radius 2 is 1.86 bits per heavy atom. The van der Waals surface area contributed by atoms with Gasteiger partial charge in [-0.1, -0.05) is 49.1 Å². The number of ether oxygens (including phenoxy) is 2. The van der Waals surface area contributed by atoms with Crippen LogP contribution >= 0.6 is 0 Å². The van der Waals surface area contributed by atoms with E-state index in [9.17, 15) is 0 Å². The van der Waals surface area contributed by atoms with Crippen molar-refractivity contribution in [2.75, 3.05) is 20.3 Å². The third-order valence-electron chi connectivity index (χ3n) is 3.35. The predicted octanol–water partition coefficient (Wildman–Crippen LogP) is 3.59. The van der Waals surface area contributed by atoms with Gasteiger partial charge in [0.15, 0.2) is 11.5 Å². The largest absolute Gasteiger partial charge is 0.493 e. The Balaban J connectivity index is 1.83. The summed E-state index contributed by atoms with van der Waals surface area (Å²) in [4.78, 5) is 0. The zero-order valence-electron chi connectivity index (χ0n) is 13.0. The first-order valence-electron chi connectivity index (χ1n) is 7.48. The summed E-state index contributed by atoms with van der Waals surface area (Å²) in [6, 6.07) is 16.5. The van der Waals surface area contributed by atoms with Crippen LogP contribution < -0.4 is 14.8 Å². The summed E-state index contributed by atoms with van der Waals surface area (Å²) in [7, 11) is 1.66. The summed E-state index contributed by atoms with van der Waals surface area (Å²) >= 11 is 0. The second-order valence-corrected chi connectivity index (χ2v) is 5.00. The maximum absolute atomic E-state index is 5.55. The van der Waals surface area contributed by atoms with E-state index in [1.807, 2.05) is 18.2 Å². The van der Waals surface area contributed by atoms with Crippen LogP contribution in [-0.4, -0.2) is 20.3 Å². The van der Waals surface area contributed by atoms with E-state index in [1.54, 1.807) is 13.2 Å². The summed E-state index contributed by atoms with van der Waals surface area (Å²) in [5, 5.41) is 3.45. The van der Waals surface area contributed by atoms with Crippen LogP contribution in [0.3, 0.4) is 0 Å². The number of benzene rings is 2. The lowest BCUT2D eigenvalue weighted by atomic mass is 10.1. The van der Waals surface area contributed by atoms with Crippen molar-refractivity contribution in [3.63, 3.8) is 0 Å². The van der Waals surface area contributed by atoms with Crippen molar-refractivity contribution >= 4 is 0 Å². The first-order chi connectivity index (χ1) is 10.8. The van der Waals surface area contributed by atoms with Crippen LogP contribution in [0.5, 0.6) is 11.5 Å². The lowest BCUT2D eigenvalue weighted by molar-refractivity contribution is 0.326. The molecule has 0 radical (unpaired) electrons. The Labute approximate surface area is 132 Å². The minimum atomic E-state index is 0.477. The van der Waals surface area contributed by atoms with E-state index in [-0.39, 0.29) is 0 Å². The molecular formula is C19H23NO2. The predicted molar refractivity (Wildman–Crippen MR) is 90.5 cm³/mol. The summed E-state index contributed by atoms with van der Waals surface area (Å²) in [5.74, 6) is 1.50. The molecule has 0 saturated heterocycles. The van der Waals surface area contributed by atoms with Gasteiger partial charge in [0.2, 0.25) is 0 Å². The number of hydrogen-bond donors (Lipinski definition) is 1. The first-order valence-corrected chi connectivity index (χ1v) is 7.48. The summed E-state index contributed by atoms with van der Waals surface area (Å²) in [5.41, 5.74) is 2.52. The highest BCUT2D eigenvalue weighted by Crippen LogP contribution is 2.28. The molecular weight excluding hydrogens is 274 g/mol. The minimum absolute atomic E-state index is 0.477. The van der Waals surface area contributed by atoms with E-state index in [1.165, 1.54) is 11.1 Å². The molecule has 116 valence electrons. The van der Waals surface area contributed by atoms with Gasteiger partial charge >= 0.3 is 0 Å². The summed E-state index contributed by atoms with van der Waals surface area (Å²) in [6.07, 6.45) is 2.75. The van der Waals surface area contributed by atoms with Gasteiger partial charge in [-0.3, -0.25) is 0 Å². The van der Waals surface area contributed by atoms with Crippen LogP contribution in [0, 0.1) is 0 Å². The van der Waals surface area contributed by atoms with E-state index in [0.29, 0.717) is 6.61 Å². The van der Waals surface area contributed by atoms with E-state index in [0.717, 1.165) is 31.0 Å². The van der Waals surface area contributed by atoms with Crippen molar-refractivity contribution in [1.82, 2.24) is 5.32 Å². The molecule has 0 atom stereocenters. The van der Waals surface area contributed by atoms with Crippen molar-refractivity contribution in [1.29, 1.82) is 0 Å². The van der Waals surface area contributed by atoms with Gasteiger partial charge in [0, 0.05) is 6.54 Å². The molecule has 2 rings (SSSR count). The maximum atomic E-state index is 5.55. The van der Waals surface area contributed by atoms with Crippen molar-refractivity contribution in [3.05, 3.63) is 72.3 Å². The van der Waals surface area contributed by atoms with Gasteiger partial charge in [0.25, 0.3) is 0 Å². The van der Waals surface area contributed by atoms with Crippen LogP contribution in [0.2, 0.25) is 0 Å². The van der Waals surface area contributed by atoms with Crippen molar-refractivity contribution in [2.24, 2.45) is 0 Å². The SMILES string of the molecule is C=CCOc1ccc(CNCCc2ccccc2)cc1OC. The summed E-state index contributed by atoms with van der Waals surface area (Å²) in [6.45, 7) is 5.88. The minimum Gasteiger partial charge on any atom is -0.493 e. The van der Waals surface area contributed by atoms with Crippen LogP contribution in [0.25, 0.3) is 0 Å². The Morgan fingerprint density at radius 3 is 2.59 bits per heavy atom. The van der Waals surface area contributed by atoms with Crippen molar-refractivity contribution in [2.45, 2.75) is 13.0 Å². The Morgan fingerprint density at radius 1 is 1.05 bits per heavy atom. The number of hydrogen-bond acceptors (Lipinski definition) is 3. The molecule has 0 amide bonds. The monoisotopic (exact) mass is 297 g/mol. The van der Waals surface area contributed by atoms with Crippen LogP contribution in [0.1, 0.15) is 11.1 Å². The zero-order valence-corrected chi connectivity index (χ0v) is 13.0. The number of methoxy groups -OCH3 is 1. The zero-order chi connectivity index (χ0) is 15.6. The Kier molecular flexibility index (Phi) is 6.52. The molecule has 0 fully saturated rings. The fourth-order valence-corrected chi connectivity index (χ4v) is 2.20. The lowest BCUT2D eigenvalue weighted by Crippen LogP contribution is -2.16. The smallest absolute Gasteiger partial charge is 0.161 e. The topological polar surface area (TPSA) is 30.5 Å². The highest BCUT2D eigenvalue weighted by molar-refractivity contribution is 5.43. The van der Waals surface area contributed by atoms with E-state index < -0.39 is 0 Å². The van der Waals surface area contributed by atoms with Gasteiger partial charge in [0.1, 0.15) is 6.61 Å². The third-order valence-corrected chi connectivity index (χ3v) is 3.35. The van der Waals surface area contributed by atoms with Crippen molar-refractivity contribution in [3.8, 4) is 11.5 Å². The molecule has 0 aliphatic rings. The Bertz CT molecular complexity index is 581. The molecule has 0 saturated carbocycles. The molecule has 1 N–H and O–H groups in total. The van der Waals surface area contributed by atoms with Gasteiger partial charge in [-0.2, -0.15) is 0 Å². The quantitative estimate of drug-likeness (QED) is 0.567. The number of nitrogens with one attached hydrogen (secondary N) is 1. The van der Waals surface area contributed by atoms with Gasteiger partial charge in [-0.05, 0) is 36.2 Å². The molecule has 22 heavy (non-hydrogen) atoms. The van der Waals surface area contributed by atoms with Crippen LogP contribution in [0.4, 0.5) is 0 Å². The third kappa shape index (κ3) is 4.93. The second-order valence-electron chi connectivity index (χ2n) is 5.00. The van der Waals surface area contributed by atoms with Crippen molar-refractivity contribution < 1.29 is 9.47 Å². The molecule has 0 heterocycles. The molecule has 0 bridgehead atoms. The highest BCUT2D eigenvalue weighted by atomic mass is 16.5. The molecule has 3 nitrogen and oxygen atoms in total. The highest BCUT2D eigenvalue weighted by Gasteiger charge is 2.05. The van der Waals surface area contributed by atoms with E-state index >= 15 is 0 Å². The van der Waals surface area contributed by atoms with Crippen LogP contribution in [0.15, 0.2) is 61.2 Å². The normalized spacial score (nSPS) is 10.2. The van der Waals surface area contributed by atoms with E-state index in [4.69, 9.17) is 9.47 Å². The van der Waals surface area contributed by atoms with Gasteiger partial charge in [-0.25, -0.2) is 0 Å². The molecule has 0 unspecified atom stereocenters. The maximum Gasteiger partial charge on any atom is 0.161 e. The first kappa shape index (κ1) is 16.1. The average Bonchev–Trinajstić information content (AvgIpc) is 2.58. The van der Waals surface area contributed by atoms with Gasteiger partial charge in [-0.15, -0.1) is 0 Å². The number of rotatable bonds is 9. The average molecular weight is 297 g/mol. The lowest BCUT2D eigenvalue weighted by Gasteiger charge is -2.11. The Hall–Kier alpha value is -2.26. The molecule has 0 aromatic heterocycles. The van der Waals surface area contributed by atoms with Gasteiger partial charge in [0.05, 0.1) is 7.11 Å². The van der Waals surface area contributed by atoms with Gasteiger partial charge < -0.3 is 14.8 Å². The van der Waals surface area contributed by atoms with E-state index in [2.05, 4.69) is 42.2 Å². The fraction of sp³-hybridized carbons (Fsp3) is 0.263. The van der Waals surface area contributed by atoms with Crippen LogP contribution in [-0.2, 0) is 13.0 Å². The molecule has 2 aromatic rings. The molecule has 2 aromatic carbocycles. The fourth-order valence-electron chi connectivity index (χ4n) is 2.20. The molecule has 0 aliphatic heterocycles. The summed E-state index contributed by atoms with van der Waals surface area (Å²) < 4.78 is 10.9. The molecule has 3 heteroatoms. The molecule has 0 spiro atoms.